The van der Waals surface area contributed by atoms with Gasteiger partial charge in [-0.2, -0.15) is 0 Å². The average molecular weight is 292 g/mol. The number of rotatable bonds is 5. The highest BCUT2D eigenvalue weighted by molar-refractivity contribution is 7.99. The van der Waals surface area contributed by atoms with Gasteiger partial charge in [-0.25, -0.2) is 8.78 Å². The van der Waals surface area contributed by atoms with E-state index in [0.717, 1.165) is 11.8 Å². The second-order valence-electron chi connectivity index (χ2n) is 4.44. The zero-order chi connectivity index (χ0) is 14.6. The van der Waals surface area contributed by atoms with E-state index in [1.807, 2.05) is 0 Å². The van der Waals surface area contributed by atoms with Crippen LogP contribution < -0.4 is 0 Å². The Morgan fingerprint density at radius 1 is 1.10 bits per heavy atom. The van der Waals surface area contributed by atoms with Crippen LogP contribution in [0.3, 0.4) is 0 Å². The molecule has 0 N–H and O–H groups in total. The lowest BCUT2D eigenvalue weighted by molar-refractivity contribution is 0.0232. The van der Waals surface area contributed by atoms with E-state index in [2.05, 4.69) is 0 Å². The van der Waals surface area contributed by atoms with E-state index in [4.69, 9.17) is 0 Å². The molecule has 0 heterocycles. The van der Waals surface area contributed by atoms with Crippen LogP contribution in [0, 0.1) is 0 Å². The third kappa shape index (κ3) is 3.67. The van der Waals surface area contributed by atoms with E-state index in [9.17, 15) is 13.6 Å². The lowest BCUT2D eigenvalue weighted by Crippen LogP contribution is -2.16. The molecule has 0 atom stereocenters. The van der Waals surface area contributed by atoms with Gasteiger partial charge >= 0.3 is 0 Å². The summed E-state index contributed by atoms with van der Waals surface area (Å²) in [6.07, 6.45) is 0. The fourth-order valence-electron chi connectivity index (χ4n) is 1.74. The van der Waals surface area contributed by atoms with Crippen LogP contribution in [0.25, 0.3) is 0 Å². The van der Waals surface area contributed by atoms with E-state index in [-0.39, 0.29) is 17.1 Å². The molecule has 1 nitrogen and oxygen atoms in total. The van der Waals surface area contributed by atoms with Crippen LogP contribution in [0.1, 0.15) is 22.8 Å². The van der Waals surface area contributed by atoms with Crippen molar-refractivity contribution < 1.29 is 13.6 Å². The van der Waals surface area contributed by atoms with Gasteiger partial charge in [0, 0.05) is 16.0 Å². The smallest absolute Gasteiger partial charge is 0.282 e. The number of alkyl halides is 2. The van der Waals surface area contributed by atoms with Crippen LogP contribution >= 0.6 is 11.8 Å². The number of Topliss-reactive ketones (excluding diaryl/α,β-unsaturated/α-hetero) is 1. The number of carbonyl (C=O) groups is 1. The van der Waals surface area contributed by atoms with Crippen LogP contribution in [0.2, 0.25) is 0 Å². The maximum absolute atomic E-state index is 14.0. The molecule has 0 aliphatic heterocycles. The molecule has 104 valence electrons. The molecule has 0 bridgehead atoms. The predicted octanol–water partition coefficient (Wildman–Crippen LogP) is 4.77. The summed E-state index contributed by atoms with van der Waals surface area (Å²) in [7, 11) is 0. The molecule has 0 spiro atoms. The Morgan fingerprint density at radius 3 is 2.45 bits per heavy atom. The van der Waals surface area contributed by atoms with Crippen LogP contribution in [0.5, 0.6) is 0 Å². The first-order valence-corrected chi connectivity index (χ1v) is 7.15. The number of thioether (sulfide) groups is 1. The molecule has 0 fully saturated rings. The van der Waals surface area contributed by atoms with Crippen molar-refractivity contribution in [2.75, 3.05) is 5.75 Å². The highest BCUT2D eigenvalue weighted by atomic mass is 32.2. The summed E-state index contributed by atoms with van der Waals surface area (Å²) in [5, 5.41) is 0. The van der Waals surface area contributed by atoms with Crippen molar-refractivity contribution >= 4 is 17.5 Å². The summed E-state index contributed by atoms with van der Waals surface area (Å²) in [5.41, 5.74) is 0.549. The highest BCUT2D eigenvalue weighted by Crippen LogP contribution is 2.34. The Morgan fingerprint density at radius 2 is 1.80 bits per heavy atom. The van der Waals surface area contributed by atoms with Crippen molar-refractivity contribution in [2.24, 2.45) is 0 Å². The Kier molecular flexibility index (Phi) is 4.55. The topological polar surface area (TPSA) is 17.1 Å². The monoisotopic (exact) mass is 292 g/mol. The summed E-state index contributed by atoms with van der Waals surface area (Å²) in [5.74, 6) is -3.31. The molecule has 0 aromatic heterocycles. The maximum Gasteiger partial charge on any atom is 0.282 e. The van der Waals surface area contributed by atoms with Crippen molar-refractivity contribution in [1.82, 2.24) is 0 Å². The van der Waals surface area contributed by atoms with Crippen LogP contribution in [-0.4, -0.2) is 11.5 Å². The molecule has 0 amide bonds. The third-order valence-electron chi connectivity index (χ3n) is 2.86. The summed E-state index contributed by atoms with van der Waals surface area (Å²) < 4.78 is 28.0. The molecule has 0 aliphatic rings. The lowest BCUT2D eigenvalue weighted by Gasteiger charge is -2.16. The third-order valence-corrected chi connectivity index (χ3v) is 3.95. The molecular weight excluding hydrogens is 278 g/mol. The summed E-state index contributed by atoms with van der Waals surface area (Å²) in [6, 6.07) is 14.5. The Bertz CT molecular complexity index is 596. The first kappa shape index (κ1) is 14.7. The number of benzene rings is 2. The van der Waals surface area contributed by atoms with Gasteiger partial charge in [-0.15, -0.1) is 11.8 Å². The van der Waals surface area contributed by atoms with Crippen molar-refractivity contribution in [2.45, 2.75) is 17.7 Å². The van der Waals surface area contributed by atoms with Gasteiger partial charge in [0.15, 0.2) is 5.78 Å². The summed E-state index contributed by atoms with van der Waals surface area (Å²) >= 11 is 1.05. The van der Waals surface area contributed by atoms with E-state index in [1.54, 1.807) is 42.5 Å². The Balaban J connectivity index is 2.08. The minimum atomic E-state index is -2.89. The zero-order valence-electron chi connectivity index (χ0n) is 11.0. The number of halogens is 2. The van der Waals surface area contributed by atoms with Crippen LogP contribution in [0.15, 0.2) is 59.5 Å². The number of ketones is 1. The van der Waals surface area contributed by atoms with Crippen molar-refractivity contribution in [1.29, 1.82) is 0 Å². The molecule has 2 aromatic carbocycles. The SMILES string of the molecule is CC(=O)c1cccc(SCC(F)(F)c2ccccc2)c1. The fraction of sp³-hybridized carbons (Fsp3) is 0.188. The van der Waals surface area contributed by atoms with E-state index in [1.165, 1.54) is 19.1 Å². The Hall–Kier alpha value is -1.68. The van der Waals surface area contributed by atoms with Crippen molar-refractivity contribution in [3.05, 3.63) is 65.7 Å². The fourth-order valence-corrected chi connectivity index (χ4v) is 2.64. The van der Waals surface area contributed by atoms with Gasteiger partial charge in [0.1, 0.15) is 0 Å². The quantitative estimate of drug-likeness (QED) is 0.583. The Labute approximate surface area is 121 Å². The van der Waals surface area contributed by atoms with Gasteiger partial charge in [0.2, 0.25) is 0 Å². The van der Waals surface area contributed by atoms with Crippen molar-refractivity contribution in [3.63, 3.8) is 0 Å². The number of hydrogen-bond donors (Lipinski definition) is 0. The van der Waals surface area contributed by atoms with E-state index >= 15 is 0 Å². The maximum atomic E-state index is 14.0. The van der Waals surface area contributed by atoms with Gasteiger partial charge in [-0.1, -0.05) is 42.5 Å². The molecule has 2 rings (SSSR count). The molecule has 0 unspecified atom stereocenters. The normalized spacial score (nSPS) is 11.3. The van der Waals surface area contributed by atoms with E-state index in [0.29, 0.717) is 10.5 Å². The second-order valence-corrected chi connectivity index (χ2v) is 5.49. The minimum Gasteiger partial charge on any atom is -0.295 e. The van der Waals surface area contributed by atoms with Crippen LogP contribution in [0.4, 0.5) is 8.78 Å². The van der Waals surface area contributed by atoms with Crippen molar-refractivity contribution in [3.8, 4) is 0 Å². The van der Waals surface area contributed by atoms with Gasteiger partial charge in [-0.3, -0.25) is 4.79 Å². The van der Waals surface area contributed by atoms with Gasteiger partial charge < -0.3 is 0 Å². The van der Waals surface area contributed by atoms with Gasteiger partial charge in [0.05, 0.1) is 5.75 Å². The molecule has 2 aromatic rings. The second kappa shape index (κ2) is 6.18. The summed E-state index contributed by atoms with van der Waals surface area (Å²) in [4.78, 5) is 11.9. The zero-order valence-corrected chi connectivity index (χ0v) is 11.8. The van der Waals surface area contributed by atoms with E-state index < -0.39 is 5.92 Å². The van der Waals surface area contributed by atoms with Gasteiger partial charge in [0.25, 0.3) is 5.92 Å². The lowest BCUT2D eigenvalue weighted by atomic mass is 10.1. The highest BCUT2D eigenvalue weighted by Gasteiger charge is 2.31. The predicted molar refractivity (Wildman–Crippen MR) is 77.5 cm³/mol. The molecule has 0 aliphatic carbocycles. The number of hydrogen-bond acceptors (Lipinski definition) is 2. The standard InChI is InChI=1S/C16H14F2OS/c1-12(19)13-6-5-9-15(10-13)20-11-16(17,18)14-7-3-2-4-8-14/h2-10H,11H2,1H3. The summed E-state index contributed by atoms with van der Waals surface area (Å²) in [6.45, 7) is 1.46. The first-order valence-electron chi connectivity index (χ1n) is 6.16. The molecule has 20 heavy (non-hydrogen) atoms. The average Bonchev–Trinajstić information content (AvgIpc) is 2.46. The molecule has 0 saturated carbocycles. The molecule has 0 saturated heterocycles. The van der Waals surface area contributed by atoms with Gasteiger partial charge in [-0.05, 0) is 19.1 Å². The van der Waals surface area contributed by atoms with Crippen LogP contribution in [-0.2, 0) is 5.92 Å². The minimum absolute atomic E-state index is 0.00947. The number of carbonyl (C=O) groups excluding carboxylic acids is 1. The molecular formula is C16H14F2OS. The molecule has 0 radical (unpaired) electrons. The molecule has 4 heteroatoms. The largest absolute Gasteiger partial charge is 0.295 e. The first-order chi connectivity index (χ1) is 9.49.